The maximum Gasteiger partial charge on any atom is 0.141 e. The third kappa shape index (κ3) is 2.57. The number of carbonyl (C=O) groups is 1. The Labute approximate surface area is 105 Å². The van der Waals surface area contributed by atoms with Crippen LogP contribution in [0.1, 0.15) is 53.4 Å². The number of ketones is 1. The molecule has 2 heteroatoms. The van der Waals surface area contributed by atoms with Gasteiger partial charge in [0.2, 0.25) is 0 Å². The summed E-state index contributed by atoms with van der Waals surface area (Å²) in [5, 5.41) is 0. The summed E-state index contributed by atoms with van der Waals surface area (Å²) in [5.41, 5.74) is 0. The quantitative estimate of drug-likeness (QED) is 0.736. The molecule has 0 aromatic heterocycles. The van der Waals surface area contributed by atoms with Crippen molar-refractivity contribution in [3.8, 4) is 0 Å². The molecule has 0 spiro atoms. The summed E-state index contributed by atoms with van der Waals surface area (Å²) in [7, 11) is 0. The fourth-order valence-corrected chi connectivity index (χ4v) is 3.57. The molecule has 4 unspecified atom stereocenters. The maximum atomic E-state index is 12.6. The first-order chi connectivity index (χ1) is 8.00. The van der Waals surface area contributed by atoms with E-state index in [4.69, 9.17) is 4.74 Å². The van der Waals surface area contributed by atoms with Gasteiger partial charge in [-0.15, -0.1) is 0 Å². The fraction of sp³-hybridized carbons (Fsp3) is 0.933. The average Bonchev–Trinajstić information content (AvgIpc) is 2.53. The number of hydrogen-bond acceptors (Lipinski definition) is 2. The van der Waals surface area contributed by atoms with Crippen LogP contribution in [-0.2, 0) is 9.53 Å². The van der Waals surface area contributed by atoms with Crippen LogP contribution in [0.2, 0.25) is 0 Å². The van der Waals surface area contributed by atoms with Crippen LogP contribution in [0.3, 0.4) is 0 Å². The van der Waals surface area contributed by atoms with E-state index in [1.54, 1.807) is 0 Å². The largest absolute Gasteiger partial charge is 0.375 e. The number of carbonyl (C=O) groups excluding carboxylic acids is 1. The van der Waals surface area contributed by atoms with Gasteiger partial charge in [-0.3, -0.25) is 4.79 Å². The van der Waals surface area contributed by atoms with Crippen LogP contribution in [0.15, 0.2) is 0 Å². The fourth-order valence-electron chi connectivity index (χ4n) is 3.57. The molecule has 98 valence electrons. The molecule has 2 rings (SSSR count). The van der Waals surface area contributed by atoms with Crippen molar-refractivity contribution in [2.45, 2.75) is 65.6 Å². The highest BCUT2D eigenvalue weighted by atomic mass is 16.5. The summed E-state index contributed by atoms with van der Waals surface area (Å²) in [4.78, 5) is 12.6. The SMILES string of the molecule is CC1CCC(C(=O)C2C(C)OC(C)C2C)CC1. The monoisotopic (exact) mass is 238 g/mol. The van der Waals surface area contributed by atoms with Crippen LogP contribution >= 0.6 is 0 Å². The number of hydrogen-bond donors (Lipinski definition) is 0. The summed E-state index contributed by atoms with van der Waals surface area (Å²) in [5.74, 6) is 2.14. The molecule has 1 aliphatic carbocycles. The highest BCUT2D eigenvalue weighted by Crippen LogP contribution is 2.38. The predicted octanol–water partition coefficient (Wildman–Crippen LogP) is 3.44. The summed E-state index contributed by atoms with van der Waals surface area (Å²) < 4.78 is 5.80. The molecule has 0 radical (unpaired) electrons. The van der Waals surface area contributed by atoms with Crippen molar-refractivity contribution in [2.24, 2.45) is 23.7 Å². The van der Waals surface area contributed by atoms with Crippen molar-refractivity contribution in [1.29, 1.82) is 0 Å². The number of ether oxygens (including phenoxy) is 1. The molecule has 0 aromatic rings. The molecule has 4 atom stereocenters. The van der Waals surface area contributed by atoms with Crippen molar-refractivity contribution in [3.05, 3.63) is 0 Å². The van der Waals surface area contributed by atoms with E-state index in [2.05, 4.69) is 27.7 Å². The predicted molar refractivity (Wildman–Crippen MR) is 68.8 cm³/mol. The molecule has 0 aromatic carbocycles. The highest BCUT2D eigenvalue weighted by Gasteiger charge is 2.43. The van der Waals surface area contributed by atoms with Gasteiger partial charge >= 0.3 is 0 Å². The molecule has 1 heterocycles. The van der Waals surface area contributed by atoms with E-state index in [9.17, 15) is 4.79 Å². The molecule has 0 bridgehead atoms. The lowest BCUT2D eigenvalue weighted by atomic mass is 9.74. The maximum absolute atomic E-state index is 12.6. The second-order valence-corrected chi connectivity index (χ2v) is 6.29. The van der Waals surface area contributed by atoms with E-state index in [1.807, 2.05) is 0 Å². The van der Waals surface area contributed by atoms with Gasteiger partial charge in [-0.25, -0.2) is 0 Å². The molecule has 1 saturated carbocycles. The van der Waals surface area contributed by atoms with Gasteiger partial charge in [-0.2, -0.15) is 0 Å². The first kappa shape index (κ1) is 13.1. The zero-order chi connectivity index (χ0) is 12.6. The Bertz CT molecular complexity index is 279. The second-order valence-electron chi connectivity index (χ2n) is 6.29. The van der Waals surface area contributed by atoms with E-state index < -0.39 is 0 Å². The summed E-state index contributed by atoms with van der Waals surface area (Å²) in [6.07, 6.45) is 5.01. The third-order valence-electron chi connectivity index (χ3n) is 4.99. The van der Waals surface area contributed by atoms with Crippen molar-refractivity contribution >= 4 is 5.78 Å². The third-order valence-corrected chi connectivity index (χ3v) is 4.99. The van der Waals surface area contributed by atoms with Gasteiger partial charge < -0.3 is 4.74 Å². The van der Waals surface area contributed by atoms with Crippen LogP contribution < -0.4 is 0 Å². The molecule has 2 fully saturated rings. The van der Waals surface area contributed by atoms with Gasteiger partial charge in [-0.1, -0.05) is 26.7 Å². The van der Waals surface area contributed by atoms with Crippen LogP contribution in [0.5, 0.6) is 0 Å². The molecule has 0 N–H and O–H groups in total. The zero-order valence-corrected chi connectivity index (χ0v) is 11.6. The molecule has 1 saturated heterocycles. The summed E-state index contributed by atoms with van der Waals surface area (Å²) in [6.45, 7) is 8.63. The Morgan fingerprint density at radius 2 is 1.53 bits per heavy atom. The van der Waals surface area contributed by atoms with Crippen molar-refractivity contribution in [2.75, 3.05) is 0 Å². The Morgan fingerprint density at radius 1 is 0.941 bits per heavy atom. The minimum absolute atomic E-state index is 0.117. The Hall–Kier alpha value is -0.370. The van der Waals surface area contributed by atoms with E-state index in [1.165, 1.54) is 12.8 Å². The second kappa shape index (κ2) is 5.09. The van der Waals surface area contributed by atoms with Crippen LogP contribution in [-0.4, -0.2) is 18.0 Å². The number of Topliss-reactive ketones (excluding diaryl/α,β-unsaturated/α-hetero) is 1. The van der Waals surface area contributed by atoms with Gasteiger partial charge in [0, 0.05) is 11.8 Å². The van der Waals surface area contributed by atoms with Gasteiger partial charge in [0.1, 0.15) is 5.78 Å². The van der Waals surface area contributed by atoms with Crippen molar-refractivity contribution in [1.82, 2.24) is 0 Å². The van der Waals surface area contributed by atoms with Gasteiger partial charge in [0.05, 0.1) is 12.2 Å². The van der Waals surface area contributed by atoms with Crippen molar-refractivity contribution < 1.29 is 9.53 Å². The molecule has 2 aliphatic rings. The first-order valence-electron chi connectivity index (χ1n) is 7.20. The van der Waals surface area contributed by atoms with Crippen molar-refractivity contribution in [3.63, 3.8) is 0 Å². The molecular formula is C15H26O2. The van der Waals surface area contributed by atoms with Gasteiger partial charge in [0.25, 0.3) is 0 Å². The van der Waals surface area contributed by atoms with E-state index in [-0.39, 0.29) is 18.1 Å². The van der Waals surface area contributed by atoms with Crippen LogP contribution in [0.4, 0.5) is 0 Å². The average molecular weight is 238 g/mol. The standard InChI is InChI=1S/C15H26O2/c1-9-5-7-13(8-6-9)15(16)14-10(2)11(3)17-12(14)4/h9-14H,5-8H2,1-4H3. The van der Waals surface area contributed by atoms with E-state index >= 15 is 0 Å². The lowest BCUT2D eigenvalue weighted by Gasteiger charge is -2.29. The van der Waals surface area contributed by atoms with E-state index in [0.29, 0.717) is 17.6 Å². The summed E-state index contributed by atoms with van der Waals surface area (Å²) in [6, 6.07) is 0. The Balaban J connectivity index is 2.00. The highest BCUT2D eigenvalue weighted by molar-refractivity contribution is 5.84. The van der Waals surface area contributed by atoms with Crippen LogP contribution in [0.25, 0.3) is 0 Å². The lowest BCUT2D eigenvalue weighted by molar-refractivity contribution is -0.130. The van der Waals surface area contributed by atoms with Gasteiger partial charge in [-0.05, 0) is 38.5 Å². The first-order valence-corrected chi connectivity index (χ1v) is 7.20. The minimum atomic E-state index is 0.117. The minimum Gasteiger partial charge on any atom is -0.375 e. The smallest absolute Gasteiger partial charge is 0.141 e. The zero-order valence-electron chi connectivity index (χ0n) is 11.6. The molecule has 0 amide bonds. The Kier molecular flexibility index (Phi) is 3.92. The number of rotatable bonds is 2. The molecule has 1 aliphatic heterocycles. The Morgan fingerprint density at radius 3 is 2.00 bits per heavy atom. The molecular weight excluding hydrogens is 212 g/mol. The lowest BCUT2D eigenvalue weighted by Crippen LogP contribution is -2.33. The summed E-state index contributed by atoms with van der Waals surface area (Å²) >= 11 is 0. The van der Waals surface area contributed by atoms with Gasteiger partial charge in [0.15, 0.2) is 0 Å². The topological polar surface area (TPSA) is 26.3 Å². The molecule has 17 heavy (non-hydrogen) atoms. The van der Waals surface area contributed by atoms with Crippen LogP contribution in [0, 0.1) is 23.7 Å². The molecule has 2 nitrogen and oxygen atoms in total. The van der Waals surface area contributed by atoms with E-state index in [0.717, 1.165) is 18.8 Å². The normalized spacial score (nSPS) is 47.1.